The predicted octanol–water partition coefficient (Wildman–Crippen LogP) is 1.21. The van der Waals surface area contributed by atoms with Crippen molar-refractivity contribution in [3.63, 3.8) is 0 Å². The van der Waals surface area contributed by atoms with E-state index in [1.54, 1.807) is 11.8 Å². The number of nitrogens with zero attached hydrogens (tertiary/aromatic N) is 1. The molecule has 1 heterocycles. The summed E-state index contributed by atoms with van der Waals surface area (Å²) in [5.74, 6) is -0.316. The van der Waals surface area contributed by atoms with E-state index in [0.717, 1.165) is 12.8 Å². The fraction of sp³-hybridized carbons (Fsp3) is 0.846. The highest BCUT2D eigenvalue weighted by molar-refractivity contribution is 5.84. The molecule has 0 aromatic carbocycles. The molecule has 1 aliphatic heterocycles. The number of carbonyl (C=O) groups is 2. The molecule has 1 amide bonds. The van der Waals surface area contributed by atoms with Gasteiger partial charge in [0, 0.05) is 25.2 Å². The van der Waals surface area contributed by atoms with Gasteiger partial charge in [-0.1, -0.05) is 0 Å². The predicted molar refractivity (Wildman–Crippen MR) is 67.0 cm³/mol. The molecule has 1 saturated heterocycles. The number of amides is 1. The third-order valence-electron chi connectivity index (χ3n) is 3.08. The topological polar surface area (TPSA) is 55.8 Å². The largest absolute Gasteiger partial charge is 0.465 e. The Hall–Kier alpha value is -1.10. The van der Waals surface area contributed by atoms with Crippen LogP contribution in [0.4, 0.5) is 0 Å². The summed E-state index contributed by atoms with van der Waals surface area (Å²) in [4.78, 5) is 25.5. The Labute approximate surface area is 108 Å². The molecule has 0 saturated carbocycles. The van der Waals surface area contributed by atoms with Gasteiger partial charge in [-0.05, 0) is 33.6 Å². The molecule has 1 rings (SSSR count). The van der Waals surface area contributed by atoms with Crippen molar-refractivity contribution in [2.45, 2.75) is 39.7 Å². The zero-order chi connectivity index (χ0) is 13.5. The molecule has 0 aromatic heterocycles. The van der Waals surface area contributed by atoms with Gasteiger partial charge in [0.2, 0.25) is 5.91 Å². The van der Waals surface area contributed by atoms with Gasteiger partial charge in [0.1, 0.15) is 6.54 Å². The molecular weight excluding hydrogens is 234 g/mol. The molecule has 104 valence electrons. The van der Waals surface area contributed by atoms with Crippen LogP contribution in [0.2, 0.25) is 0 Å². The molecule has 0 radical (unpaired) electrons. The van der Waals surface area contributed by atoms with Crippen LogP contribution in [0.1, 0.15) is 33.6 Å². The molecule has 18 heavy (non-hydrogen) atoms. The van der Waals surface area contributed by atoms with Gasteiger partial charge in [-0.15, -0.1) is 0 Å². The quantitative estimate of drug-likeness (QED) is 0.695. The van der Waals surface area contributed by atoms with Gasteiger partial charge in [0.15, 0.2) is 0 Å². The fourth-order valence-electron chi connectivity index (χ4n) is 2.04. The first-order chi connectivity index (χ1) is 8.56. The fourth-order valence-corrected chi connectivity index (χ4v) is 2.04. The maximum atomic E-state index is 12.3. The highest BCUT2D eigenvalue weighted by Crippen LogP contribution is 2.19. The number of esters is 1. The Morgan fingerprint density at radius 1 is 1.33 bits per heavy atom. The zero-order valence-corrected chi connectivity index (χ0v) is 11.5. The van der Waals surface area contributed by atoms with Crippen molar-refractivity contribution in [3.05, 3.63) is 0 Å². The third-order valence-corrected chi connectivity index (χ3v) is 3.08. The van der Waals surface area contributed by atoms with Gasteiger partial charge in [-0.25, -0.2) is 0 Å². The van der Waals surface area contributed by atoms with Crippen LogP contribution in [-0.4, -0.2) is 49.2 Å². The van der Waals surface area contributed by atoms with Crippen molar-refractivity contribution in [2.75, 3.05) is 26.4 Å². The summed E-state index contributed by atoms with van der Waals surface area (Å²) < 4.78 is 10.1. The first kappa shape index (κ1) is 15.0. The zero-order valence-electron chi connectivity index (χ0n) is 11.5. The summed E-state index contributed by atoms with van der Waals surface area (Å²) >= 11 is 0. The molecule has 0 bridgehead atoms. The Morgan fingerprint density at radius 3 is 2.44 bits per heavy atom. The minimum atomic E-state index is -0.341. The van der Waals surface area contributed by atoms with E-state index in [0.29, 0.717) is 19.8 Å². The number of carbonyl (C=O) groups excluding carboxylic acids is 2. The number of rotatable bonds is 5. The van der Waals surface area contributed by atoms with Crippen molar-refractivity contribution < 1.29 is 19.1 Å². The van der Waals surface area contributed by atoms with E-state index in [4.69, 9.17) is 9.47 Å². The monoisotopic (exact) mass is 257 g/mol. The van der Waals surface area contributed by atoms with Gasteiger partial charge in [-0.2, -0.15) is 0 Å². The first-order valence-corrected chi connectivity index (χ1v) is 6.60. The Kier molecular flexibility index (Phi) is 6.12. The third kappa shape index (κ3) is 4.29. The summed E-state index contributed by atoms with van der Waals surface area (Å²) in [7, 11) is 0. The lowest BCUT2D eigenvalue weighted by Crippen LogP contribution is -2.45. The molecule has 0 spiro atoms. The second-order valence-electron chi connectivity index (χ2n) is 4.75. The minimum absolute atomic E-state index is 0.00440. The van der Waals surface area contributed by atoms with Crippen LogP contribution < -0.4 is 0 Å². The molecule has 5 nitrogen and oxygen atoms in total. The smallest absolute Gasteiger partial charge is 0.325 e. The van der Waals surface area contributed by atoms with Crippen molar-refractivity contribution in [2.24, 2.45) is 5.92 Å². The Balaban J connectivity index is 2.59. The Bertz CT molecular complexity index is 285. The molecule has 1 aliphatic rings. The highest BCUT2D eigenvalue weighted by atomic mass is 16.5. The standard InChI is InChI=1S/C13H23NO4/c1-4-18-12(15)9-14(10(2)3)13(16)11-5-7-17-8-6-11/h10-11H,4-9H2,1-3H3. The molecule has 0 aliphatic carbocycles. The summed E-state index contributed by atoms with van der Waals surface area (Å²) in [5.41, 5.74) is 0. The number of hydrogen-bond donors (Lipinski definition) is 0. The number of ether oxygens (including phenoxy) is 2. The van der Waals surface area contributed by atoms with Crippen LogP contribution >= 0.6 is 0 Å². The average molecular weight is 257 g/mol. The SMILES string of the molecule is CCOC(=O)CN(C(=O)C1CCOCC1)C(C)C. The second kappa shape index (κ2) is 7.36. The summed E-state index contributed by atoms with van der Waals surface area (Å²) in [6.45, 7) is 7.23. The molecule has 0 unspecified atom stereocenters. The van der Waals surface area contributed by atoms with Gasteiger partial charge >= 0.3 is 5.97 Å². The van der Waals surface area contributed by atoms with Crippen LogP contribution in [0.15, 0.2) is 0 Å². The lowest BCUT2D eigenvalue weighted by Gasteiger charge is -2.31. The van der Waals surface area contributed by atoms with E-state index in [-0.39, 0.29) is 30.4 Å². The van der Waals surface area contributed by atoms with E-state index in [1.165, 1.54) is 0 Å². The normalized spacial score (nSPS) is 16.7. The maximum Gasteiger partial charge on any atom is 0.325 e. The van der Waals surface area contributed by atoms with Gasteiger partial charge in [-0.3, -0.25) is 9.59 Å². The van der Waals surface area contributed by atoms with E-state index >= 15 is 0 Å². The van der Waals surface area contributed by atoms with E-state index in [2.05, 4.69) is 0 Å². The van der Waals surface area contributed by atoms with Crippen LogP contribution in [-0.2, 0) is 19.1 Å². The molecule has 0 atom stereocenters. The van der Waals surface area contributed by atoms with E-state index in [9.17, 15) is 9.59 Å². The molecule has 0 aromatic rings. The molecular formula is C13H23NO4. The van der Waals surface area contributed by atoms with Crippen molar-refractivity contribution in [1.82, 2.24) is 4.90 Å². The van der Waals surface area contributed by atoms with Gasteiger partial charge < -0.3 is 14.4 Å². The summed E-state index contributed by atoms with van der Waals surface area (Å²) in [6, 6.07) is 0.00440. The number of hydrogen-bond acceptors (Lipinski definition) is 4. The lowest BCUT2D eigenvalue weighted by molar-refractivity contribution is -0.152. The molecule has 1 fully saturated rings. The van der Waals surface area contributed by atoms with Crippen molar-refractivity contribution >= 4 is 11.9 Å². The highest BCUT2D eigenvalue weighted by Gasteiger charge is 2.29. The van der Waals surface area contributed by atoms with Crippen LogP contribution in [0.25, 0.3) is 0 Å². The molecule has 0 N–H and O–H groups in total. The maximum absolute atomic E-state index is 12.3. The summed E-state index contributed by atoms with van der Waals surface area (Å²) in [6.07, 6.45) is 1.48. The Morgan fingerprint density at radius 2 is 1.94 bits per heavy atom. The van der Waals surface area contributed by atoms with Gasteiger partial charge in [0.25, 0.3) is 0 Å². The lowest BCUT2D eigenvalue weighted by atomic mass is 9.98. The molecule has 5 heteroatoms. The van der Waals surface area contributed by atoms with E-state index in [1.807, 2.05) is 13.8 Å². The van der Waals surface area contributed by atoms with Crippen LogP contribution in [0.5, 0.6) is 0 Å². The van der Waals surface area contributed by atoms with Crippen LogP contribution in [0.3, 0.4) is 0 Å². The second-order valence-corrected chi connectivity index (χ2v) is 4.75. The van der Waals surface area contributed by atoms with Crippen molar-refractivity contribution in [3.8, 4) is 0 Å². The van der Waals surface area contributed by atoms with E-state index < -0.39 is 0 Å². The van der Waals surface area contributed by atoms with Crippen molar-refractivity contribution in [1.29, 1.82) is 0 Å². The van der Waals surface area contributed by atoms with Gasteiger partial charge in [0.05, 0.1) is 6.61 Å². The summed E-state index contributed by atoms with van der Waals surface area (Å²) in [5, 5.41) is 0. The average Bonchev–Trinajstić information content (AvgIpc) is 2.36. The van der Waals surface area contributed by atoms with Crippen LogP contribution in [0, 0.1) is 5.92 Å². The minimum Gasteiger partial charge on any atom is -0.465 e. The first-order valence-electron chi connectivity index (χ1n) is 6.60.